The molecule has 0 unspecified atom stereocenters. The Morgan fingerprint density at radius 2 is 1.70 bits per heavy atom. The fourth-order valence-electron chi connectivity index (χ4n) is 2.52. The standard InChI is InChI=1S/C15H18N4O/c20-15(19-9-3-1-2-4-10-19)18-12-5-6-13-14(11-12)17-8-7-16-13/h5-8,11H,1-4,9-10H2,(H,18,20). The number of rotatable bonds is 1. The van der Waals surface area contributed by atoms with Gasteiger partial charge in [0.05, 0.1) is 11.0 Å². The molecule has 1 aromatic heterocycles. The van der Waals surface area contributed by atoms with E-state index in [0.29, 0.717) is 0 Å². The van der Waals surface area contributed by atoms with E-state index in [-0.39, 0.29) is 6.03 Å². The summed E-state index contributed by atoms with van der Waals surface area (Å²) in [7, 11) is 0. The predicted molar refractivity (Wildman–Crippen MR) is 78.6 cm³/mol. The minimum absolute atomic E-state index is 0.0184. The fraction of sp³-hybridized carbons (Fsp3) is 0.400. The first kappa shape index (κ1) is 12.8. The topological polar surface area (TPSA) is 58.1 Å². The highest BCUT2D eigenvalue weighted by molar-refractivity contribution is 5.91. The molecule has 1 aliphatic rings. The first-order valence-corrected chi connectivity index (χ1v) is 7.10. The second kappa shape index (κ2) is 5.86. The summed E-state index contributed by atoms with van der Waals surface area (Å²) in [5, 5.41) is 2.95. The van der Waals surface area contributed by atoms with Crippen molar-refractivity contribution < 1.29 is 4.79 Å². The molecule has 0 saturated carbocycles. The highest BCUT2D eigenvalue weighted by Gasteiger charge is 2.15. The highest BCUT2D eigenvalue weighted by Crippen LogP contribution is 2.16. The number of hydrogen-bond donors (Lipinski definition) is 1. The van der Waals surface area contributed by atoms with Gasteiger partial charge in [-0.05, 0) is 31.0 Å². The molecule has 0 spiro atoms. The van der Waals surface area contributed by atoms with Crippen LogP contribution in [0.2, 0.25) is 0 Å². The van der Waals surface area contributed by atoms with E-state index in [1.807, 2.05) is 23.1 Å². The average molecular weight is 270 g/mol. The lowest BCUT2D eigenvalue weighted by Crippen LogP contribution is -2.35. The third kappa shape index (κ3) is 2.87. The number of nitrogens with one attached hydrogen (secondary N) is 1. The number of aromatic nitrogens is 2. The van der Waals surface area contributed by atoms with Crippen molar-refractivity contribution in [3.63, 3.8) is 0 Å². The van der Waals surface area contributed by atoms with Gasteiger partial charge in [0.25, 0.3) is 0 Å². The Morgan fingerprint density at radius 1 is 1.00 bits per heavy atom. The Morgan fingerprint density at radius 3 is 2.45 bits per heavy atom. The largest absolute Gasteiger partial charge is 0.325 e. The van der Waals surface area contributed by atoms with Crippen LogP contribution in [-0.2, 0) is 0 Å². The summed E-state index contributed by atoms with van der Waals surface area (Å²) in [4.78, 5) is 22.6. The van der Waals surface area contributed by atoms with Crippen LogP contribution in [0.1, 0.15) is 25.7 Å². The fourth-order valence-corrected chi connectivity index (χ4v) is 2.52. The molecule has 104 valence electrons. The van der Waals surface area contributed by atoms with E-state index < -0.39 is 0 Å². The average Bonchev–Trinajstić information content (AvgIpc) is 2.76. The molecule has 2 heterocycles. The van der Waals surface area contributed by atoms with Crippen LogP contribution < -0.4 is 5.32 Å². The van der Waals surface area contributed by atoms with E-state index in [0.717, 1.165) is 42.7 Å². The third-order valence-corrected chi connectivity index (χ3v) is 3.61. The van der Waals surface area contributed by atoms with Gasteiger partial charge in [0.1, 0.15) is 0 Å². The summed E-state index contributed by atoms with van der Waals surface area (Å²) in [6, 6.07) is 5.58. The first-order chi connectivity index (χ1) is 9.83. The van der Waals surface area contributed by atoms with Crippen molar-refractivity contribution in [1.82, 2.24) is 14.9 Å². The molecule has 1 N–H and O–H groups in total. The Labute approximate surface area is 118 Å². The lowest BCUT2D eigenvalue weighted by molar-refractivity contribution is 0.214. The molecule has 2 aromatic rings. The van der Waals surface area contributed by atoms with Crippen LogP contribution in [0.15, 0.2) is 30.6 Å². The lowest BCUT2D eigenvalue weighted by Gasteiger charge is -2.20. The smallest absolute Gasteiger partial charge is 0.321 e. The summed E-state index contributed by atoms with van der Waals surface area (Å²) >= 11 is 0. The van der Waals surface area contributed by atoms with Gasteiger partial charge in [-0.25, -0.2) is 4.79 Å². The molecule has 20 heavy (non-hydrogen) atoms. The van der Waals surface area contributed by atoms with Crippen molar-refractivity contribution in [1.29, 1.82) is 0 Å². The first-order valence-electron chi connectivity index (χ1n) is 7.10. The highest BCUT2D eigenvalue weighted by atomic mass is 16.2. The summed E-state index contributed by atoms with van der Waals surface area (Å²) in [5.41, 5.74) is 2.40. The molecule has 2 amide bonds. The molecule has 0 radical (unpaired) electrons. The van der Waals surface area contributed by atoms with Gasteiger partial charge in [0, 0.05) is 31.2 Å². The van der Waals surface area contributed by atoms with E-state index in [9.17, 15) is 4.79 Å². The number of carbonyl (C=O) groups is 1. The van der Waals surface area contributed by atoms with Gasteiger partial charge < -0.3 is 10.2 Å². The van der Waals surface area contributed by atoms with Gasteiger partial charge in [-0.15, -0.1) is 0 Å². The molecule has 0 aliphatic carbocycles. The number of benzene rings is 1. The molecule has 1 aromatic carbocycles. The minimum atomic E-state index is -0.0184. The van der Waals surface area contributed by atoms with Gasteiger partial charge >= 0.3 is 6.03 Å². The number of carbonyl (C=O) groups excluding carboxylic acids is 1. The Balaban J connectivity index is 1.73. The molecule has 3 rings (SSSR count). The predicted octanol–water partition coefficient (Wildman–Crippen LogP) is 3.04. The van der Waals surface area contributed by atoms with E-state index in [1.54, 1.807) is 12.4 Å². The number of hydrogen-bond acceptors (Lipinski definition) is 3. The summed E-state index contributed by atoms with van der Waals surface area (Å²) < 4.78 is 0. The summed E-state index contributed by atoms with van der Waals surface area (Å²) in [5.74, 6) is 0. The van der Waals surface area contributed by atoms with Gasteiger partial charge in [-0.1, -0.05) is 12.8 Å². The zero-order valence-corrected chi connectivity index (χ0v) is 11.4. The molecule has 0 bridgehead atoms. The maximum atomic E-state index is 12.2. The van der Waals surface area contributed by atoms with Crippen LogP contribution in [0.3, 0.4) is 0 Å². The van der Waals surface area contributed by atoms with Crippen molar-refractivity contribution in [3.05, 3.63) is 30.6 Å². The van der Waals surface area contributed by atoms with E-state index in [4.69, 9.17) is 0 Å². The zero-order valence-electron chi connectivity index (χ0n) is 11.4. The molecule has 1 saturated heterocycles. The van der Waals surface area contributed by atoms with Gasteiger partial charge in [-0.3, -0.25) is 9.97 Å². The van der Waals surface area contributed by atoms with Crippen LogP contribution in [0.5, 0.6) is 0 Å². The van der Waals surface area contributed by atoms with E-state index in [1.165, 1.54) is 12.8 Å². The minimum Gasteiger partial charge on any atom is -0.325 e. The molecule has 5 nitrogen and oxygen atoms in total. The second-order valence-corrected chi connectivity index (χ2v) is 5.09. The lowest BCUT2D eigenvalue weighted by atomic mass is 10.2. The quantitative estimate of drug-likeness (QED) is 0.866. The molecule has 1 fully saturated rings. The zero-order chi connectivity index (χ0) is 13.8. The molecular formula is C15H18N4O. The molecule has 0 atom stereocenters. The number of likely N-dealkylation sites (tertiary alicyclic amines) is 1. The Bertz CT molecular complexity index is 606. The number of amides is 2. The molecule has 5 heteroatoms. The van der Waals surface area contributed by atoms with E-state index in [2.05, 4.69) is 15.3 Å². The van der Waals surface area contributed by atoms with Crippen molar-refractivity contribution in [2.45, 2.75) is 25.7 Å². The normalized spacial score (nSPS) is 15.9. The van der Waals surface area contributed by atoms with Crippen molar-refractivity contribution in [3.8, 4) is 0 Å². The van der Waals surface area contributed by atoms with Gasteiger partial charge in [-0.2, -0.15) is 0 Å². The SMILES string of the molecule is O=C(Nc1ccc2nccnc2c1)N1CCCCCC1. The summed E-state index contributed by atoms with van der Waals surface area (Å²) in [6.45, 7) is 1.69. The van der Waals surface area contributed by atoms with Crippen LogP contribution in [0.4, 0.5) is 10.5 Å². The maximum Gasteiger partial charge on any atom is 0.321 e. The second-order valence-electron chi connectivity index (χ2n) is 5.09. The number of anilines is 1. The van der Waals surface area contributed by atoms with Crippen molar-refractivity contribution in [2.75, 3.05) is 18.4 Å². The van der Waals surface area contributed by atoms with Crippen LogP contribution in [0.25, 0.3) is 11.0 Å². The van der Waals surface area contributed by atoms with Crippen LogP contribution >= 0.6 is 0 Å². The number of nitrogens with zero attached hydrogens (tertiary/aromatic N) is 3. The van der Waals surface area contributed by atoms with Gasteiger partial charge in [0.2, 0.25) is 0 Å². The third-order valence-electron chi connectivity index (χ3n) is 3.61. The van der Waals surface area contributed by atoms with Gasteiger partial charge in [0.15, 0.2) is 0 Å². The van der Waals surface area contributed by atoms with E-state index >= 15 is 0 Å². The monoisotopic (exact) mass is 270 g/mol. The summed E-state index contributed by atoms with van der Waals surface area (Å²) in [6.07, 6.45) is 7.94. The molecular weight excluding hydrogens is 252 g/mol. The van der Waals surface area contributed by atoms with Crippen LogP contribution in [0, 0.1) is 0 Å². The number of fused-ring (bicyclic) bond motifs is 1. The van der Waals surface area contributed by atoms with Crippen molar-refractivity contribution in [2.24, 2.45) is 0 Å². The number of urea groups is 1. The van der Waals surface area contributed by atoms with Crippen molar-refractivity contribution >= 4 is 22.8 Å². The maximum absolute atomic E-state index is 12.2. The molecule has 1 aliphatic heterocycles. The Kier molecular flexibility index (Phi) is 3.76. The Hall–Kier alpha value is -2.17. The van der Waals surface area contributed by atoms with Crippen LogP contribution in [-0.4, -0.2) is 34.0 Å².